The molecule has 1 aromatic rings. The van der Waals surface area contributed by atoms with Gasteiger partial charge in [0.2, 0.25) is 0 Å². The topological polar surface area (TPSA) is 33.0 Å². The smallest absolute Gasteiger partial charge is 0.349 e. The SMILES string of the molecule is C[n+]1c(Cl)ccc(C(=O)NC2CCC(C(F)(F)F)CC2)c1Cl. The van der Waals surface area contributed by atoms with Crippen LogP contribution in [-0.4, -0.2) is 18.1 Å². The van der Waals surface area contributed by atoms with Gasteiger partial charge in [0.1, 0.15) is 12.6 Å². The number of halogens is 5. The van der Waals surface area contributed by atoms with Crippen LogP contribution in [0.3, 0.4) is 0 Å². The van der Waals surface area contributed by atoms with Crippen LogP contribution in [0.2, 0.25) is 10.3 Å². The van der Waals surface area contributed by atoms with E-state index in [1.165, 1.54) is 10.6 Å². The largest absolute Gasteiger partial charge is 0.391 e. The Morgan fingerprint density at radius 1 is 1.23 bits per heavy atom. The molecule has 0 unspecified atom stereocenters. The molecule has 0 atom stereocenters. The fourth-order valence-electron chi connectivity index (χ4n) is 2.60. The van der Waals surface area contributed by atoms with Crippen LogP contribution < -0.4 is 9.88 Å². The molecular formula is C14H16Cl2F3N2O+. The lowest BCUT2D eigenvalue weighted by Crippen LogP contribution is -2.41. The Bertz CT molecular complexity index is 570. The van der Waals surface area contributed by atoms with E-state index in [-0.39, 0.29) is 29.6 Å². The molecule has 2 rings (SSSR count). The van der Waals surface area contributed by atoms with Gasteiger partial charge in [-0.05, 0) is 55.0 Å². The molecule has 1 N–H and O–H groups in total. The normalized spacial score (nSPS) is 22.5. The quantitative estimate of drug-likeness (QED) is 0.637. The lowest BCUT2D eigenvalue weighted by atomic mass is 9.85. The maximum atomic E-state index is 12.6. The van der Waals surface area contributed by atoms with E-state index in [0.717, 1.165) is 0 Å². The lowest BCUT2D eigenvalue weighted by Gasteiger charge is -2.30. The highest BCUT2D eigenvalue weighted by Crippen LogP contribution is 2.37. The number of amides is 1. The van der Waals surface area contributed by atoms with Gasteiger partial charge in [-0.3, -0.25) is 4.79 Å². The number of aromatic nitrogens is 1. The summed E-state index contributed by atoms with van der Waals surface area (Å²) in [6.07, 6.45) is -3.45. The van der Waals surface area contributed by atoms with E-state index in [2.05, 4.69) is 5.32 Å². The number of carbonyl (C=O) groups excluding carboxylic acids is 1. The number of alkyl halides is 3. The van der Waals surface area contributed by atoms with Gasteiger partial charge in [0.25, 0.3) is 16.2 Å². The molecule has 0 radical (unpaired) electrons. The van der Waals surface area contributed by atoms with E-state index in [1.807, 2.05) is 0 Å². The maximum absolute atomic E-state index is 12.6. The van der Waals surface area contributed by atoms with Gasteiger partial charge in [0.15, 0.2) is 0 Å². The molecule has 1 aromatic heterocycles. The van der Waals surface area contributed by atoms with Gasteiger partial charge >= 0.3 is 6.18 Å². The summed E-state index contributed by atoms with van der Waals surface area (Å²) in [5, 5.41) is 3.32. The molecule has 22 heavy (non-hydrogen) atoms. The van der Waals surface area contributed by atoms with Gasteiger partial charge < -0.3 is 5.32 Å². The predicted octanol–water partition coefficient (Wildman–Crippen LogP) is 3.67. The van der Waals surface area contributed by atoms with Crippen molar-refractivity contribution in [3.8, 4) is 0 Å². The molecule has 1 heterocycles. The van der Waals surface area contributed by atoms with Crippen LogP contribution in [0.4, 0.5) is 13.2 Å². The van der Waals surface area contributed by atoms with Crippen LogP contribution >= 0.6 is 23.2 Å². The molecule has 0 spiro atoms. The van der Waals surface area contributed by atoms with E-state index in [0.29, 0.717) is 18.0 Å². The van der Waals surface area contributed by atoms with E-state index in [9.17, 15) is 18.0 Å². The highest BCUT2D eigenvalue weighted by atomic mass is 35.5. The van der Waals surface area contributed by atoms with Crippen LogP contribution in [0.1, 0.15) is 36.0 Å². The van der Waals surface area contributed by atoms with Crippen molar-refractivity contribution in [2.45, 2.75) is 37.9 Å². The predicted molar refractivity (Wildman–Crippen MR) is 76.9 cm³/mol. The Labute approximate surface area is 136 Å². The Hall–Kier alpha value is -1.01. The van der Waals surface area contributed by atoms with Gasteiger partial charge in [-0.1, -0.05) is 0 Å². The molecule has 0 aliphatic heterocycles. The first-order chi connectivity index (χ1) is 10.2. The monoisotopic (exact) mass is 355 g/mol. The van der Waals surface area contributed by atoms with Crippen LogP contribution in [0, 0.1) is 5.92 Å². The average Bonchev–Trinajstić information content (AvgIpc) is 2.44. The molecule has 1 saturated carbocycles. The Morgan fingerprint density at radius 2 is 1.82 bits per heavy atom. The molecule has 1 amide bonds. The Morgan fingerprint density at radius 3 is 2.36 bits per heavy atom. The third kappa shape index (κ3) is 3.84. The van der Waals surface area contributed by atoms with Gasteiger partial charge in [-0.15, -0.1) is 0 Å². The molecule has 0 saturated heterocycles. The van der Waals surface area contributed by atoms with Crippen LogP contribution in [0.5, 0.6) is 0 Å². The lowest BCUT2D eigenvalue weighted by molar-refractivity contribution is -0.667. The fourth-order valence-corrected chi connectivity index (χ4v) is 3.04. The van der Waals surface area contributed by atoms with Crippen molar-refractivity contribution in [2.75, 3.05) is 0 Å². The molecule has 0 bridgehead atoms. The summed E-state index contributed by atoms with van der Waals surface area (Å²) in [7, 11) is 1.62. The fraction of sp³-hybridized carbons (Fsp3) is 0.571. The van der Waals surface area contributed by atoms with Crippen molar-refractivity contribution in [3.05, 3.63) is 28.0 Å². The summed E-state index contributed by atoms with van der Waals surface area (Å²) in [5.41, 5.74) is 0.256. The van der Waals surface area contributed by atoms with E-state index in [4.69, 9.17) is 23.2 Å². The molecule has 1 aliphatic rings. The number of rotatable bonds is 2. The molecule has 8 heteroatoms. The van der Waals surface area contributed by atoms with Crippen molar-refractivity contribution < 1.29 is 22.5 Å². The highest BCUT2D eigenvalue weighted by Gasteiger charge is 2.41. The van der Waals surface area contributed by atoms with Gasteiger partial charge in [0, 0.05) is 12.1 Å². The number of hydrogen-bond donors (Lipinski definition) is 1. The molecule has 1 fully saturated rings. The van der Waals surface area contributed by atoms with Gasteiger partial charge in [-0.25, -0.2) is 0 Å². The summed E-state index contributed by atoms with van der Waals surface area (Å²) in [6, 6.07) is 2.78. The number of pyridine rings is 1. The third-order valence-electron chi connectivity index (χ3n) is 3.99. The third-order valence-corrected chi connectivity index (χ3v) is 4.83. The zero-order valence-corrected chi connectivity index (χ0v) is 13.4. The van der Waals surface area contributed by atoms with Gasteiger partial charge in [0.05, 0.1) is 5.92 Å². The first kappa shape index (κ1) is 17.3. The van der Waals surface area contributed by atoms with Crippen molar-refractivity contribution in [3.63, 3.8) is 0 Å². The Kier molecular flexibility index (Phi) is 5.22. The highest BCUT2D eigenvalue weighted by molar-refractivity contribution is 6.33. The second kappa shape index (κ2) is 6.62. The number of carbonyl (C=O) groups is 1. The first-order valence-corrected chi connectivity index (χ1v) is 7.67. The molecule has 1 aliphatic carbocycles. The summed E-state index contributed by atoms with van der Waals surface area (Å²) < 4.78 is 39.3. The zero-order chi connectivity index (χ0) is 16.5. The molecule has 0 aromatic carbocycles. The van der Waals surface area contributed by atoms with Crippen molar-refractivity contribution in [1.29, 1.82) is 0 Å². The summed E-state index contributed by atoms with van der Waals surface area (Å²) in [6.45, 7) is 0. The van der Waals surface area contributed by atoms with E-state index >= 15 is 0 Å². The number of nitrogens with one attached hydrogen (secondary N) is 1. The number of nitrogens with zero attached hydrogens (tertiary/aromatic N) is 1. The zero-order valence-electron chi connectivity index (χ0n) is 11.9. The summed E-state index contributed by atoms with van der Waals surface area (Å²) in [4.78, 5) is 12.2. The van der Waals surface area contributed by atoms with Gasteiger partial charge in [-0.2, -0.15) is 17.7 Å². The summed E-state index contributed by atoms with van der Waals surface area (Å²) in [5.74, 6) is -1.66. The minimum Gasteiger partial charge on any atom is -0.349 e. The summed E-state index contributed by atoms with van der Waals surface area (Å²) >= 11 is 11.9. The first-order valence-electron chi connectivity index (χ1n) is 6.91. The molecular weight excluding hydrogens is 340 g/mol. The molecule has 3 nitrogen and oxygen atoms in total. The van der Waals surface area contributed by atoms with Crippen molar-refractivity contribution in [2.24, 2.45) is 13.0 Å². The van der Waals surface area contributed by atoms with Crippen LogP contribution in [-0.2, 0) is 7.05 Å². The van der Waals surface area contributed by atoms with E-state index < -0.39 is 18.0 Å². The van der Waals surface area contributed by atoms with Crippen LogP contribution in [0.25, 0.3) is 0 Å². The molecule has 122 valence electrons. The minimum absolute atomic E-state index is 0.0383. The van der Waals surface area contributed by atoms with E-state index in [1.54, 1.807) is 13.1 Å². The minimum atomic E-state index is -4.15. The van der Waals surface area contributed by atoms with Crippen LogP contribution in [0.15, 0.2) is 12.1 Å². The average molecular weight is 356 g/mol. The maximum Gasteiger partial charge on any atom is 0.391 e. The Balaban J connectivity index is 1.98. The van der Waals surface area contributed by atoms with Crippen molar-refractivity contribution >= 4 is 29.1 Å². The van der Waals surface area contributed by atoms with Crippen molar-refractivity contribution in [1.82, 2.24) is 5.32 Å². The number of hydrogen-bond acceptors (Lipinski definition) is 1. The standard InChI is InChI=1S/C14H15Cl2F3N2O/c1-21-11(15)7-6-10(12(21)16)13(22)20-9-4-2-8(3-5-9)14(17,18)19/h6-9H,2-5H2,1H3/p+1. The second-order valence-corrected chi connectivity index (χ2v) is 6.23. The second-order valence-electron chi connectivity index (χ2n) is 5.48.